The summed E-state index contributed by atoms with van der Waals surface area (Å²) in [4.78, 5) is 2.49. The monoisotopic (exact) mass is 284 g/mol. The van der Waals surface area contributed by atoms with Gasteiger partial charge in [-0.3, -0.25) is 4.90 Å². The number of halogens is 1. The zero-order valence-corrected chi connectivity index (χ0v) is 12.4. The SMILES string of the molecule is CCC1CN(C(CN)c2ccccc2Cl)CCS1. The van der Waals surface area contributed by atoms with Gasteiger partial charge in [-0.25, -0.2) is 0 Å². The Labute approximate surface area is 119 Å². The molecular weight excluding hydrogens is 264 g/mol. The van der Waals surface area contributed by atoms with Crippen LogP contribution in [0.5, 0.6) is 0 Å². The van der Waals surface area contributed by atoms with Gasteiger partial charge in [-0.05, 0) is 18.1 Å². The largest absolute Gasteiger partial charge is 0.329 e. The van der Waals surface area contributed by atoms with Crippen molar-refractivity contribution in [1.29, 1.82) is 0 Å². The highest BCUT2D eigenvalue weighted by atomic mass is 35.5. The van der Waals surface area contributed by atoms with Crippen molar-refractivity contribution in [3.63, 3.8) is 0 Å². The van der Waals surface area contributed by atoms with Crippen LogP contribution in [0.2, 0.25) is 5.02 Å². The van der Waals surface area contributed by atoms with E-state index >= 15 is 0 Å². The Morgan fingerprint density at radius 1 is 1.50 bits per heavy atom. The maximum Gasteiger partial charge on any atom is 0.0485 e. The third-order valence-electron chi connectivity index (χ3n) is 3.55. The molecule has 0 amide bonds. The molecule has 1 aliphatic rings. The minimum absolute atomic E-state index is 0.258. The number of hydrogen-bond donors (Lipinski definition) is 1. The first-order valence-corrected chi connectivity index (χ1v) is 7.99. The van der Waals surface area contributed by atoms with Crippen LogP contribution in [0.1, 0.15) is 24.9 Å². The molecule has 4 heteroatoms. The summed E-state index contributed by atoms with van der Waals surface area (Å²) < 4.78 is 0. The van der Waals surface area contributed by atoms with Crippen molar-refractivity contribution in [2.45, 2.75) is 24.6 Å². The van der Waals surface area contributed by atoms with Crippen LogP contribution < -0.4 is 5.73 Å². The molecule has 1 heterocycles. The number of benzene rings is 1. The van der Waals surface area contributed by atoms with Crippen LogP contribution in [-0.2, 0) is 0 Å². The molecule has 0 spiro atoms. The summed E-state index contributed by atoms with van der Waals surface area (Å²) in [5, 5.41) is 1.56. The van der Waals surface area contributed by atoms with Gasteiger partial charge in [0.1, 0.15) is 0 Å². The molecule has 18 heavy (non-hydrogen) atoms. The van der Waals surface area contributed by atoms with E-state index in [1.54, 1.807) is 0 Å². The first-order chi connectivity index (χ1) is 8.76. The molecule has 2 atom stereocenters. The van der Waals surface area contributed by atoms with E-state index in [1.807, 2.05) is 18.2 Å². The van der Waals surface area contributed by atoms with Crippen molar-refractivity contribution in [2.24, 2.45) is 5.73 Å². The molecule has 2 unspecified atom stereocenters. The number of nitrogens with zero attached hydrogens (tertiary/aromatic N) is 1. The van der Waals surface area contributed by atoms with Gasteiger partial charge in [0, 0.05) is 41.7 Å². The van der Waals surface area contributed by atoms with Crippen molar-refractivity contribution < 1.29 is 0 Å². The van der Waals surface area contributed by atoms with E-state index in [4.69, 9.17) is 17.3 Å². The number of hydrogen-bond acceptors (Lipinski definition) is 3. The summed E-state index contributed by atoms with van der Waals surface area (Å²) in [5.41, 5.74) is 7.15. The third kappa shape index (κ3) is 3.21. The highest BCUT2D eigenvalue weighted by Crippen LogP contribution is 2.31. The van der Waals surface area contributed by atoms with E-state index in [9.17, 15) is 0 Å². The van der Waals surface area contributed by atoms with E-state index in [0.29, 0.717) is 6.54 Å². The number of rotatable bonds is 4. The van der Waals surface area contributed by atoms with Crippen molar-refractivity contribution in [2.75, 3.05) is 25.4 Å². The van der Waals surface area contributed by atoms with Crippen molar-refractivity contribution in [3.05, 3.63) is 34.9 Å². The van der Waals surface area contributed by atoms with E-state index in [0.717, 1.165) is 23.4 Å². The van der Waals surface area contributed by atoms with Gasteiger partial charge in [0.15, 0.2) is 0 Å². The first kappa shape index (κ1) is 14.2. The second-order valence-electron chi connectivity index (χ2n) is 4.67. The maximum absolute atomic E-state index is 6.30. The maximum atomic E-state index is 6.30. The lowest BCUT2D eigenvalue weighted by Crippen LogP contribution is -2.42. The molecule has 0 bridgehead atoms. The fraction of sp³-hybridized carbons (Fsp3) is 0.571. The molecule has 1 aromatic carbocycles. The predicted molar refractivity (Wildman–Crippen MR) is 81.4 cm³/mol. The second kappa shape index (κ2) is 6.80. The second-order valence-corrected chi connectivity index (χ2v) is 6.48. The molecule has 1 saturated heterocycles. The molecule has 0 aromatic heterocycles. The molecule has 0 aliphatic carbocycles. The Bertz CT molecular complexity index is 386. The van der Waals surface area contributed by atoms with Crippen molar-refractivity contribution in [3.8, 4) is 0 Å². The fourth-order valence-electron chi connectivity index (χ4n) is 2.49. The van der Waals surface area contributed by atoms with Gasteiger partial charge >= 0.3 is 0 Å². The zero-order valence-electron chi connectivity index (χ0n) is 10.8. The lowest BCUT2D eigenvalue weighted by Gasteiger charge is -2.37. The summed E-state index contributed by atoms with van der Waals surface area (Å²) in [5.74, 6) is 1.19. The summed E-state index contributed by atoms with van der Waals surface area (Å²) >= 11 is 8.38. The van der Waals surface area contributed by atoms with Crippen LogP contribution in [0.15, 0.2) is 24.3 Å². The number of nitrogens with two attached hydrogens (primary N) is 1. The Kier molecular flexibility index (Phi) is 5.37. The molecule has 0 radical (unpaired) electrons. The molecule has 2 rings (SSSR count). The molecule has 1 fully saturated rings. The van der Waals surface area contributed by atoms with Gasteiger partial charge in [-0.2, -0.15) is 11.8 Å². The predicted octanol–water partition coefficient (Wildman–Crippen LogP) is 3.17. The fourth-order valence-corrected chi connectivity index (χ4v) is 3.96. The molecule has 0 saturated carbocycles. The van der Waals surface area contributed by atoms with Gasteiger partial charge < -0.3 is 5.73 Å². The van der Waals surface area contributed by atoms with E-state index in [2.05, 4.69) is 29.7 Å². The van der Waals surface area contributed by atoms with Crippen LogP contribution in [0.3, 0.4) is 0 Å². The molecular formula is C14H21ClN2S. The first-order valence-electron chi connectivity index (χ1n) is 6.56. The standard InChI is InChI=1S/C14H21ClN2S/c1-2-11-10-17(7-8-18-11)14(9-16)12-5-3-4-6-13(12)15/h3-6,11,14H,2,7-10,16H2,1H3. The third-order valence-corrected chi connectivity index (χ3v) is 5.27. The van der Waals surface area contributed by atoms with Crippen LogP contribution in [0.4, 0.5) is 0 Å². The van der Waals surface area contributed by atoms with Crippen molar-refractivity contribution >= 4 is 23.4 Å². The normalized spacial score (nSPS) is 22.9. The molecule has 2 N–H and O–H groups in total. The Hall–Kier alpha value is -0.220. The van der Waals surface area contributed by atoms with Crippen LogP contribution in [0, 0.1) is 0 Å². The van der Waals surface area contributed by atoms with Gasteiger partial charge in [0.25, 0.3) is 0 Å². The van der Waals surface area contributed by atoms with Gasteiger partial charge in [-0.1, -0.05) is 36.7 Å². The quantitative estimate of drug-likeness (QED) is 0.921. The lowest BCUT2D eigenvalue weighted by atomic mass is 10.0. The summed E-state index contributed by atoms with van der Waals surface area (Å²) in [6.07, 6.45) is 1.22. The Morgan fingerprint density at radius 3 is 2.94 bits per heavy atom. The highest BCUT2D eigenvalue weighted by molar-refractivity contribution is 8.00. The van der Waals surface area contributed by atoms with Crippen molar-refractivity contribution in [1.82, 2.24) is 4.90 Å². The van der Waals surface area contributed by atoms with E-state index in [-0.39, 0.29) is 6.04 Å². The zero-order chi connectivity index (χ0) is 13.0. The van der Waals surface area contributed by atoms with E-state index < -0.39 is 0 Å². The van der Waals surface area contributed by atoms with Gasteiger partial charge in [-0.15, -0.1) is 0 Å². The molecule has 2 nitrogen and oxygen atoms in total. The Balaban J connectivity index is 2.15. The number of thioether (sulfide) groups is 1. The van der Waals surface area contributed by atoms with Gasteiger partial charge in [0.2, 0.25) is 0 Å². The molecule has 100 valence electrons. The van der Waals surface area contributed by atoms with Crippen LogP contribution >= 0.6 is 23.4 Å². The summed E-state index contributed by atoms with van der Waals surface area (Å²) in [6, 6.07) is 8.33. The minimum Gasteiger partial charge on any atom is -0.329 e. The smallest absolute Gasteiger partial charge is 0.0485 e. The average Bonchev–Trinajstić information content (AvgIpc) is 2.42. The molecule has 1 aliphatic heterocycles. The highest BCUT2D eigenvalue weighted by Gasteiger charge is 2.26. The summed E-state index contributed by atoms with van der Waals surface area (Å²) in [7, 11) is 0. The average molecular weight is 285 g/mol. The van der Waals surface area contributed by atoms with Crippen LogP contribution in [0.25, 0.3) is 0 Å². The Morgan fingerprint density at radius 2 is 2.28 bits per heavy atom. The topological polar surface area (TPSA) is 29.3 Å². The molecule has 1 aromatic rings. The van der Waals surface area contributed by atoms with Gasteiger partial charge in [0.05, 0.1) is 0 Å². The lowest BCUT2D eigenvalue weighted by molar-refractivity contribution is 0.207. The minimum atomic E-state index is 0.258. The van der Waals surface area contributed by atoms with E-state index in [1.165, 1.54) is 17.7 Å². The van der Waals surface area contributed by atoms with Crippen LogP contribution in [-0.4, -0.2) is 35.5 Å². The summed E-state index contributed by atoms with van der Waals surface area (Å²) in [6.45, 7) is 5.11.